The van der Waals surface area contributed by atoms with Gasteiger partial charge < -0.3 is 15.8 Å². The smallest absolute Gasteiger partial charge is 0.188 e. The Balaban J connectivity index is 0.00000529. The summed E-state index contributed by atoms with van der Waals surface area (Å²) in [5.41, 5.74) is 5.75. The molecule has 0 unspecified atom stereocenters. The van der Waals surface area contributed by atoms with E-state index in [0.29, 0.717) is 24.9 Å². The Morgan fingerprint density at radius 3 is 2.46 bits per heavy atom. The van der Waals surface area contributed by atoms with E-state index in [1.807, 2.05) is 0 Å². The molecule has 0 aliphatic carbocycles. The summed E-state index contributed by atoms with van der Waals surface area (Å²) in [6, 6.07) is 6.34. The number of hydrogen-bond acceptors (Lipinski definition) is 4. The molecule has 0 bridgehead atoms. The van der Waals surface area contributed by atoms with Gasteiger partial charge in [0.25, 0.3) is 0 Å². The Labute approximate surface area is 162 Å². The highest BCUT2D eigenvalue weighted by molar-refractivity contribution is 14.0. The van der Waals surface area contributed by atoms with Crippen LogP contribution in [0.4, 0.5) is 0 Å². The first kappa shape index (κ1) is 23.0. The second kappa shape index (κ2) is 12.3. The summed E-state index contributed by atoms with van der Waals surface area (Å²) in [5, 5.41) is 2.99. The van der Waals surface area contributed by atoms with Gasteiger partial charge >= 0.3 is 0 Å². The molecule has 6 nitrogen and oxygen atoms in total. The fraction of sp³-hybridized carbons (Fsp3) is 0.562. The Morgan fingerprint density at radius 2 is 1.88 bits per heavy atom. The van der Waals surface area contributed by atoms with Gasteiger partial charge in [0.15, 0.2) is 15.8 Å². The van der Waals surface area contributed by atoms with Crippen LogP contribution in [0.25, 0.3) is 0 Å². The number of halogens is 1. The molecule has 1 rings (SSSR count). The van der Waals surface area contributed by atoms with E-state index in [9.17, 15) is 8.42 Å². The summed E-state index contributed by atoms with van der Waals surface area (Å²) >= 11 is 0. The molecule has 0 radical (unpaired) electrons. The highest BCUT2D eigenvalue weighted by Crippen LogP contribution is 2.15. The number of hydrogen-bond donors (Lipinski definition) is 2. The average molecular weight is 469 g/mol. The van der Waals surface area contributed by atoms with Crippen molar-refractivity contribution in [3.8, 4) is 5.75 Å². The molecular weight excluding hydrogens is 441 g/mol. The van der Waals surface area contributed by atoms with Crippen molar-refractivity contribution >= 4 is 39.8 Å². The third-order valence-corrected chi connectivity index (χ3v) is 4.35. The van der Waals surface area contributed by atoms with Crippen molar-refractivity contribution in [1.82, 2.24) is 5.32 Å². The Morgan fingerprint density at radius 1 is 1.21 bits per heavy atom. The van der Waals surface area contributed by atoms with Crippen LogP contribution in [-0.4, -0.2) is 40.3 Å². The number of nitrogens with one attached hydrogen (secondary N) is 1. The number of nitrogens with two attached hydrogens (primary N) is 1. The molecule has 0 atom stereocenters. The Kier molecular flexibility index (Phi) is 11.8. The highest BCUT2D eigenvalue weighted by Gasteiger charge is 2.06. The third kappa shape index (κ3) is 9.96. The quantitative estimate of drug-likeness (QED) is 0.238. The average Bonchev–Trinajstić information content (AvgIpc) is 2.51. The molecule has 138 valence electrons. The SMILES string of the molecule is CCCCCCN=C(N)NCCOc1ccc(S(C)(=O)=O)cc1.I. The van der Waals surface area contributed by atoms with Crippen molar-refractivity contribution in [3.05, 3.63) is 24.3 Å². The minimum atomic E-state index is -3.17. The number of benzene rings is 1. The zero-order chi connectivity index (χ0) is 17.1. The number of rotatable bonds is 10. The number of ether oxygens (including phenoxy) is 1. The molecule has 0 aliphatic heterocycles. The van der Waals surface area contributed by atoms with Gasteiger partial charge in [-0.05, 0) is 30.7 Å². The van der Waals surface area contributed by atoms with Gasteiger partial charge in [0.05, 0.1) is 11.4 Å². The molecule has 8 heteroatoms. The minimum Gasteiger partial charge on any atom is -0.492 e. The van der Waals surface area contributed by atoms with E-state index in [1.54, 1.807) is 12.1 Å². The predicted octanol–water partition coefficient (Wildman–Crippen LogP) is 2.57. The van der Waals surface area contributed by atoms with Crippen LogP contribution in [-0.2, 0) is 9.84 Å². The molecular formula is C16H28IN3O3S. The largest absolute Gasteiger partial charge is 0.492 e. The zero-order valence-corrected chi connectivity index (χ0v) is 17.5. The van der Waals surface area contributed by atoms with Gasteiger partial charge in [-0.25, -0.2) is 8.42 Å². The van der Waals surface area contributed by atoms with Gasteiger partial charge in [-0.1, -0.05) is 26.2 Å². The first-order valence-corrected chi connectivity index (χ1v) is 9.79. The fourth-order valence-electron chi connectivity index (χ4n) is 1.93. The number of nitrogens with zero attached hydrogens (tertiary/aromatic N) is 1. The summed E-state index contributed by atoms with van der Waals surface area (Å²) in [4.78, 5) is 4.52. The van der Waals surface area contributed by atoms with Crippen LogP contribution < -0.4 is 15.8 Å². The summed E-state index contributed by atoms with van der Waals surface area (Å²) in [5.74, 6) is 1.05. The van der Waals surface area contributed by atoms with Crippen molar-refractivity contribution in [2.24, 2.45) is 10.7 Å². The molecule has 1 aromatic rings. The van der Waals surface area contributed by atoms with Gasteiger partial charge in [-0.15, -0.1) is 24.0 Å². The number of sulfone groups is 1. The van der Waals surface area contributed by atoms with E-state index in [-0.39, 0.29) is 28.9 Å². The van der Waals surface area contributed by atoms with Crippen molar-refractivity contribution in [1.29, 1.82) is 0 Å². The van der Waals surface area contributed by atoms with Crippen LogP contribution >= 0.6 is 24.0 Å². The molecule has 0 saturated heterocycles. The molecule has 0 saturated carbocycles. The maximum atomic E-state index is 11.3. The topological polar surface area (TPSA) is 93.8 Å². The monoisotopic (exact) mass is 469 g/mol. The lowest BCUT2D eigenvalue weighted by Crippen LogP contribution is -2.34. The van der Waals surface area contributed by atoms with Gasteiger partial charge in [-0.3, -0.25) is 4.99 Å². The molecule has 0 amide bonds. The Bertz CT molecular complexity index is 589. The lowest BCUT2D eigenvalue weighted by molar-refractivity contribution is 0.322. The van der Waals surface area contributed by atoms with Gasteiger partial charge in [0.2, 0.25) is 0 Å². The number of unbranched alkanes of at least 4 members (excludes halogenated alkanes) is 3. The fourth-order valence-corrected chi connectivity index (χ4v) is 2.56. The molecule has 0 fully saturated rings. The van der Waals surface area contributed by atoms with Crippen LogP contribution in [0.2, 0.25) is 0 Å². The number of guanidine groups is 1. The van der Waals surface area contributed by atoms with E-state index in [2.05, 4.69) is 17.2 Å². The van der Waals surface area contributed by atoms with Crippen molar-refractivity contribution in [2.45, 2.75) is 37.5 Å². The lowest BCUT2D eigenvalue weighted by Gasteiger charge is -2.08. The summed E-state index contributed by atoms with van der Waals surface area (Å²) in [6.07, 6.45) is 5.85. The van der Waals surface area contributed by atoms with Crippen LogP contribution in [0, 0.1) is 0 Å². The van der Waals surface area contributed by atoms with E-state index in [0.717, 1.165) is 13.0 Å². The summed E-state index contributed by atoms with van der Waals surface area (Å²) < 4.78 is 28.2. The maximum absolute atomic E-state index is 11.3. The van der Waals surface area contributed by atoms with E-state index < -0.39 is 9.84 Å². The number of aliphatic imine (C=N–C) groups is 1. The molecule has 0 aromatic heterocycles. The highest BCUT2D eigenvalue weighted by atomic mass is 127. The molecule has 0 aliphatic rings. The third-order valence-electron chi connectivity index (χ3n) is 3.22. The normalized spacial score (nSPS) is 11.7. The molecule has 0 spiro atoms. The van der Waals surface area contributed by atoms with Gasteiger partial charge in [0.1, 0.15) is 12.4 Å². The van der Waals surface area contributed by atoms with E-state index >= 15 is 0 Å². The Hall–Kier alpha value is -1.03. The predicted molar refractivity (Wildman–Crippen MR) is 109 cm³/mol. The van der Waals surface area contributed by atoms with E-state index in [1.165, 1.54) is 37.7 Å². The second-order valence-electron chi connectivity index (χ2n) is 5.35. The van der Waals surface area contributed by atoms with Crippen molar-refractivity contribution in [3.63, 3.8) is 0 Å². The van der Waals surface area contributed by atoms with E-state index in [4.69, 9.17) is 10.5 Å². The minimum absolute atomic E-state index is 0. The molecule has 0 heterocycles. The van der Waals surface area contributed by atoms with Crippen molar-refractivity contribution < 1.29 is 13.2 Å². The van der Waals surface area contributed by atoms with Crippen LogP contribution in [0.3, 0.4) is 0 Å². The molecule has 24 heavy (non-hydrogen) atoms. The first-order chi connectivity index (χ1) is 10.9. The second-order valence-corrected chi connectivity index (χ2v) is 7.36. The summed E-state index contributed by atoms with van der Waals surface area (Å²) in [7, 11) is -3.17. The standard InChI is InChI=1S/C16H27N3O3S.HI/c1-3-4-5-6-11-18-16(17)19-12-13-22-14-7-9-15(10-8-14)23(2,20)21;/h7-10H,3-6,11-13H2,1-2H3,(H3,17,18,19);1H. The van der Waals surface area contributed by atoms with Gasteiger partial charge in [0, 0.05) is 12.8 Å². The maximum Gasteiger partial charge on any atom is 0.188 e. The van der Waals surface area contributed by atoms with Crippen LogP contribution in [0.15, 0.2) is 34.2 Å². The van der Waals surface area contributed by atoms with Crippen molar-refractivity contribution in [2.75, 3.05) is 26.0 Å². The molecule has 1 aromatic carbocycles. The zero-order valence-electron chi connectivity index (χ0n) is 14.3. The van der Waals surface area contributed by atoms with Crippen LogP contribution in [0.1, 0.15) is 32.6 Å². The molecule has 3 N–H and O–H groups in total. The van der Waals surface area contributed by atoms with Gasteiger partial charge in [-0.2, -0.15) is 0 Å². The lowest BCUT2D eigenvalue weighted by atomic mass is 10.2. The summed E-state index contributed by atoms with van der Waals surface area (Å²) in [6.45, 7) is 3.88. The van der Waals surface area contributed by atoms with Crippen LogP contribution in [0.5, 0.6) is 5.75 Å². The first-order valence-electron chi connectivity index (χ1n) is 7.90.